The Kier molecular flexibility index (Phi) is 6.70. The van der Waals surface area contributed by atoms with Crippen molar-refractivity contribution in [3.05, 3.63) is 34.9 Å². The van der Waals surface area contributed by atoms with Crippen molar-refractivity contribution in [1.29, 1.82) is 0 Å². The molecule has 0 aromatic heterocycles. The second-order valence-electron chi connectivity index (χ2n) is 5.39. The number of halogens is 1. The summed E-state index contributed by atoms with van der Waals surface area (Å²) < 4.78 is 0. The molecule has 0 spiro atoms. The molecule has 1 aliphatic rings. The monoisotopic (exact) mass is 307 g/mol. The van der Waals surface area contributed by atoms with Gasteiger partial charge in [-0.05, 0) is 43.6 Å². The minimum atomic E-state index is -0.0548. The van der Waals surface area contributed by atoms with Gasteiger partial charge in [-0.1, -0.05) is 43.0 Å². The van der Waals surface area contributed by atoms with Crippen molar-refractivity contribution >= 4 is 23.7 Å². The summed E-state index contributed by atoms with van der Waals surface area (Å²) in [5.74, 6) is -0.0548. The van der Waals surface area contributed by atoms with E-state index >= 15 is 0 Å². The fourth-order valence-corrected chi connectivity index (χ4v) is 2.56. The Morgan fingerprint density at radius 3 is 2.43 bits per heavy atom. The van der Waals surface area contributed by atoms with Gasteiger partial charge in [0, 0.05) is 5.02 Å². The third kappa shape index (κ3) is 6.27. The van der Waals surface area contributed by atoms with Crippen molar-refractivity contribution in [2.24, 2.45) is 5.10 Å². The molecule has 21 heavy (non-hydrogen) atoms. The van der Waals surface area contributed by atoms with Gasteiger partial charge in [0.2, 0.25) is 0 Å². The van der Waals surface area contributed by atoms with Crippen LogP contribution in [0.5, 0.6) is 0 Å². The largest absolute Gasteiger partial charge is 0.294 e. The first-order valence-electron chi connectivity index (χ1n) is 7.54. The molecular weight excluding hydrogens is 286 g/mol. The van der Waals surface area contributed by atoms with Crippen LogP contribution in [0.3, 0.4) is 0 Å². The second kappa shape index (κ2) is 8.80. The molecule has 0 atom stereocenters. The van der Waals surface area contributed by atoms with E-state index in [9.17, 15) is 4.79 Å². The van der Waals surface area contributed by atoms with E-state index in [1.165, 1.54) is 32.1 Å². The zero-order valence-electron chi connectivity index (χ0n) is 12.2. The Labute approximate surface area is 131 Å². The number of nitrogens with one attached hydrogen (secondary N) is 1. The summed E-state index contributed by atoms with van der Waals surface area (Å²) in [5.41, 5.74) is 3.49. The summed E-state index contributed by atoms with van der Waals surface area (Å²) in [6.07, 6.45) is 7.86. The van der Waals surface area contributed by atoms with Gasteiger partial charge in [0.15, 0.2) is 0 Å². The van der Waals surface area contributed by atoms with E-state index in [-0.39, 0.29) is 5.91 Å². The van der Waals surface area contributed by atoms with E-state index in [0.29, 0.717) is 11.6 Å². The lowest BCUT2D eigenvalue weighted by Gasteiger charge is -2.23. The Bertz CT molecular complexity index is 465. The highest BCUT2D eigenvalue weighted by atomic mass is 35.5. The van der Waals surface area contributed by atoms with Crippen molar-refractivity contribution in [1.82, 2.24) is 10.3 Å². The fourth-order valence-electron chi connectivity index (χ4n) is 2.44. The minimum Gasteiger partial charge on any atom is -0.294 e. The molecule has 0 unspecified atom stereocenters. The molecule has 1 N–H and O–H groups in total. The maximum Gasteiger partial charge on any atom is 0.254 e. The first-order valence-corrected chi connectivity index (χ1v) is 7.92. The number of nitrogens with zero attached hydrogens (tertiary/aromatic N) is 2. The average Bonchev–Trinajstić information content (AvgIpc) is 2.44. The van der Waals surface area contributed by atoms with Crippen LogP contribution in [0.25, 0.3) is 0 Å². The number of amides is 1. The molecule has 0 saturated carbocycles. The van der Waals surface area contributed by atoms with Crippen LogP contribution in [0.4, 0.5) is 0 Å². The highest BCUT2D eigenvalue weighted by molar-refractivity contribution is 6.30. The molecule has 0 bridgehead atoms. The average molecular weight is 308 g/mol. The summed E-state index contributed by atoms with van der Waals surface area (Å²) in [6.45, 7) is 2.45. The van der Waals surface area contributed by atoms with Gasteiger partial charge in [-0.2, -0.15) is 5.10 Å². The normalized spacial score (nSPS) is 17.4. The van der Waals surface area contributed by atoms with E-state index in [1.54, 1.807) is 18.3 Å². The number of hydrogen-bond acceptors (Lipinski definition) is 3. The molecule has 1 aliphatic heterocycles. The first-order chi connectivity index (χ1) is 10.2. The molecule has 1 fully saturated rings. The van der Waals surface area contributed by atoms with Gasteiger partial charge in [-0.3, -0.25) is 9.69 Å². The van der Waals surface area contributed by atoms with Gasteiger partial charge >= 0.3 is 0 Å². The highest BCUT2D eigenvalue weighted by Crippen LogP contribution is 2.10. The summed E-state index contributed by atoms with van der Waals surface area (Å²) >= 11 is 5.81. The van der Waals surface area contributed by atoms with E-state index in [4.69, 9.17) is 11.6 Å². The van der Waals surface area contributed by atoms with Crippen molar-refractivity contribution in [2.75, 3.05) is 19.6 Å². The molecule has 1 aromatic rings. The summed E-state index contributed by atoms with van der Waals surface area (Å²) in [4.78, 5) is 14.1. The molecule has 4 nitrogen and oxygen atoms in total. The third-order valence-corrected chi connectivity index (χ3v) is 3.84. The fraction of sp³-hybridized carbons (Fsp3) is 0.500. The molecule has 5 heteroatoms. The van der Waals surface area contributed by atoms with Crippen molar-refractivity contribution < 1.29 is 4.79 Å². The molecule has 2 rings (SSSR count). The molecule has 114 valence electrons. The van der Waals surface area contributed by atoms with Crippen LogP contribution in [-0.2, 0) is 4.79 Å². The Morgan fingerprint density at radius 1 is 1.14 bits per heavy atom. The lowest BCUT2D eigenvalue weighted by molar-refractivity contribution is -0.122. The Balaban J connectivity index is 1.74. The summed E-state index contributed by atoms with van der Waals surface area (Å²) in [5, 5.41) is 4.67. The quantitative estimate of drug-likeness (QED) is 0.686. The molecule has 1 amide bonds. The topological polar surface area (TPSA) is 44.7 Å². The molecule has 1 aromatic carbocycles. The molecule has 0 aliphatic carbocycles. The number of likely N-dealkylation sites (tertiary alicyclic amines) is 1. The predicted molar refractivity (Wildman–Crippen MR) is 86.7 cm³/mol. The van der Waals surface area contributed by atoms with Gasteiger partial charge in [0.1, 0.15) is 0 Å². The third-order valence-electron chi connectivity index (χ3n) is 3.59. The van der Waals surface area contributed by atoms with Crippen LogP contribution >= 0.6 is 11.6 Å². The van der Waals surface area contributed by atoms with Gasteiger partial charge < -0.3 is 0 Å². The second-order valence-corrected chi connectivity index (χ2v) is 5.83. The minimum absolute atomic E-state index is 0.0548. The maximum absolute atomic E-state index is 11.9. The zero-order chi connectivity index (χ0) is 14.9. The molecular formula is C16H22ClN3O. The Morgan fingerprint density at radius 2 is 1.76 bits per heavy atom. The summed E-state index contributed by atoms with van der Waals surface area (Å²) in [6, 6.07) is 7.31. The SMILES string of the molecule is O=C(CN1CCCCCCC1)N/N=C/c1ccc(Cl)cc1. The van der Waals surface area contributed by atoms with Gasteiger partial charge in [0.25, 0.3) is 5.91 Å². The van der Waals surface area contributed by atoms with E-state index < -0.39 is 0 Å². The molecule has 0 radical (unpaired) electrons. The van der Waals surface area contributed by atoms with E-state index in [2.05, 4.69) is 15.4 Å². The lowest BCUT2D eigenvalue weighted by Crippen LogP contribution is -2.37. The van der Waals surface area contributed by atoms with Crippen LogP contribution in [0, 0.1) is 0 Å². The van der Waals surface area contributed by atoms with Crippen LogP contribution < -0.4 is 5.43 Å². The highest BCUT2D eigenvalue weighted by Gasteiger charge is 2.11. The van der Waals surface area contributed by atoms with Gasteiger partial charge in [-0.25, -0.2) is 5.43 Å². The number of rotatable bonds is 4. The van der Waals surface area contributed by atoms with Crippen molar-refractivity contribution in [2.45, 2.75) is 32.1 Å². The standard InChI is InChI=1S/C16H22ClN3O/c17-15-8-6-14(7-9-15)12-18-19-16(21)13-20-10-4-2-1-3-5-11-20/h6-9,12H,1-5,10-11,13H2,(H,19,21)/b18-12+. The zero-order valence-corrected chi connectivity index (χ0v) is 13.0. The van der Waals surface area contributed by atoms with Crippen LogP contribution in [0.15, 0.2) is 29.4 Å². The van der Waals surface area contributed by atoms with Crippen molar-refractivity contribution in [3.8, 4) is 0 Å². The van der Waals surface area contributed by atoms with Crippen LogP contribution in [-0.4, -0.2) is 36.7 Å². The lowest BCUT2D eigenvalue weighted by atomic mass is 10.1. The number of carbonyl (C=O) groups excluding carboxylic acids is 1. The van der Waals surface area contributed by atoms with Crippen LogP contribution in [0.1, 0.15) is 37.7 Å². The van der Waals surface area contributed by atoms with E-state index in [0.717, 1.165) is 18.7 Å². The number of hydrazone groups is 1. The number of carbonyl (C=O) groups is 1. The van der Waals surface area contributed by atoms with Crippen LogP contribution in [0.2, 0.25) is 5.02 Å². The number of hydrogen-bond donors (Lipinski definition) is 1. The summed E-state index contributed by atoms with van der Waals surface area (Å²) in [7, 11) is 0. The van der Waals surface area contributed by atoms with E-state index in [1.807, 2.05) is 12.1 Å². The first kappa shape index (κ1) is 16.0. The van der Waals surface area contributed by atoms with Gasteiger partial charge in [0.05, 0.1) is 12.8 Å². The Hall–Kier alpha value is -1.39. The van der Waals surface area contributed by atoms with Gasteiger partial charge in [-0.15, -0.1) is 0 Å². The smallest absolute Gasteiger partial charge is 0.254 e. The van der Waals surface area contributed by atoms with Crippen molar-refractivity contribution in [3.63, 3.8) is 0 Å². The predicted octanol–water partition coefficient (Wildman–Crippen LogP) is 3.06. The number of benzene rings is 1. The molecule has 1 heterocycles. The molecule has 1 saturated heterocycles. The maximum atomic E-state index is 11.9.